The van der Waals surface area contributed by atoms with E-state index in [1.54, 1.807) is 0 Å². The average molecular weight is 446 g/mol. The Morgan fingerprint density at radius 1 is 1.12 bits per heavy atom. The van der Waals surface area contributed by atoms with Crippen molar-refractivity contribution >= 4 is 11.8 Å². The van der Waals surface area contributed by atoms with E-state index >= 15 is 0 Å². The maximum Gasteiger partial charge on any atom is 0.306 e. The highest BCUT2D eigenvalue weighted by Crippen LogP contribution is 2.65. The van der Waals surface area contributed by atoms with Crippen LogP contribution < -0.4 is 0 Å². The summed E-state index contributed by atoms with van der Waals surface area (Å²) in [5.41, 5.74) is 0.605. The van der Waals surface area contributed by atoms with Crippen molar-refractivity contribution in [1.29, 1.82) is 0 Å². The van der Waals surface area contributed by atoms with Crippen LogP contribution in [0.25, 0.3) is 0 Å². The van der Waals surface area contributed by atoms with Crippen LogP contribution in [0.5, 0.6) is 0 Å². The van der Waals surface area contributed by atoms with E-state index in [9.17, 15) is 11.0 Å². The summed E-state index contributed by atoms with van der Waals surface area (Å²) in [6.07, 6.45) is 8.83. The summed E-state index contributed by atoms with van der Waals surface area (Å²) in [4.78, 5) is 24.9. The van der Waals surface area contributed by atoms with E-state index in [2.05, 4.69) is 20.8 Å². The van der Waals surface area contributed by atoms with Gasteiger partial charge in [-0.1, -0.05) is 59.0 Å². The molecule has 3 unspecified atom stereocenters. The zero-order valence-electron chi connectivity index (χ0n) is 23.8. The predicted molar refractivity (Wildman–Crippen MR) is 129 cm³/mol. The minimum atomic E-state index is -1.87. The van der Waals surface area contributed by atoms with Crippen LogP contribution in [-0.2, 0) is 14.3 Å². The van der Waals surface area contributed by atoms with Crippen LogP contribution in [-0.4, -0.2) is 17.8 Å². The smallest absolute Gasteiger partial charge is 0.306 e. The molecule has 4 rings (SSSR count). The summed E-state index contributed by atoms with van der Waals surface area (Å²) in [7, 11) is 0. The Balaban J connectivity index is 1.45. The molecular weight excluding hydrogens is 396 g/mol. The molecule has 0 aromatic heterocycles. The lowest BCUT2D eigenvalue weighted by atomic mass is 9.47. The van der Waals surface area contributed by atoms with E-state index in [-0.39, 0.29) is 30.0 Å². The van der Waals surface area contributed by atoms with Gasteiger partial charge in [-0.25, -0.2) is 0 Å². The third-order valence-electron chi connectivity index (χ3n) is 9.48. The molecule has 32 heavy (non-hydrogen) atoms. The Bertz CT molecular complexity index is 867. The summed E-state index contributed by atoms with van der Waals surface area (Å²) in [6.45, 7) is 8.77. The number of hydrogen-bond donors (Lipinski definition) is 0. The summed E-state index contributed by atoms with van der Waals surface area (Å²) in [6, 6.07) is 0. The van der Waals surface area contributed by atoms with Crippen molar-refractivity contribution in [1.82, 2.24) is 0 Å². The molecule has 3 fully saturated rings. The van der Waals surface area contributed by atoms with Gasteiger partial charge in [0.05, 0.1) is 1.37 Å². The van der Waals surface area contributed by atoms with Crippen molar-refractivity contribution in [2.24, 2.45) is 34.5 Å². The predicted octanol–water partition coefficient (Wildman–Crippen LogP) is 7.43. The molecule has 0 saturated heterocycles. The van der Waals surface area contributed by atoms with Crippen LogP contribution in [0.1, 0.15) is 122 Å². The molecule has 0 aromatic carbocycles. The average Bonchev–Trinajstić information content (AvgIpc) is 2.93. The maximum atomic E-state index is 12.9. The third kappa shape index (κ3) is 4.60. The van der Waals surface area contributed by atoms with Crippen LogP contribution >= 0.6 is 0 Å². The van der Waals surface area contributed by atoms with Crippen LogP contribution in [0.2, 0.25) is 0 Å². The van der Waals surface area contributed by atoms with Gasteiger partial charge in [0.25, 0.3) is 0 Å². The van der Waals surface area contributed by atoms with Gasteiger partial charge in [0.15, 0.2) is 5.78 Å². The Morgan fingerprint density at radius 3 is 2.69 bits per heavy atom. The molecule has 4 aliphatic carbocycles. The second-order valence-corrected chi connectivity index (χ2v) is 12.0. The topological polar surface area (TPSA) is 43.4 Å². The SMILES string of the molecule is [2H]C1([2H])CC2C3CCC4=CC(=O)CC[C@]4(C)C3CC[C@]2(C)[C@@]1([2H])OC(=O)CCCCCCC(C)C. The van der Waals surface area contributed by atoms with E-state index in [0.29, 0.717) is 30.6 Å². The summed E-state index contributed by atoms with van der Waals surface area (Å²) in [5, 5.41) is 0. The third-order valence-corrected chi connectivity index (χ3v) is 9.48. The first-order valence-corrected chi connectivity index (χ1v) is 13.3. The number of carbonyl (C=O) groups is 2. The minimum Gasteiger partial charge on any atom is -0.462 e. The summed E-state index contributed by atoms with van der Waals surface area (Å²) in [5.74, 6) is 1.27. The molecule has 3 saturated carbocycles. The van der Waals surface area contributed by atoms with E-state index in [1.807, 2.05) is 13.0 Å². The number of ketones is 1. The fourth-order valence-corrected chi connectivity index (χ4v) is 7.44. The number of esters is 1. The molecule has 6 atom stereocenters. The Kier molecular flexibility index (Phi) is 6.10. The standard InChI is InChI=1S/C29H46O3/c1-20(2)9-7-5-6-8-10-27(31)32-26-14-13-24-23-12-11-21-19-22(30)15-17-28(21,3)25(23)16-18-29(24,26)4/h19-20,23-26H,5-18H2,1-4H3/t23?,24?,25?,26-,28-,29-/m0/s1/i14D2,26D. The molecule has 0 amide bonds. The second kappa shape index (κ2) is 9.63. The van der Waals surface area contributed by atoms with Gasteiger partial charge in [0.2, 0.25) is 0 Å². The molecule has 0 aliphatic heterocycles. The van der Waals surface area contributed by atoms with Gasteiger partial charge in [-0.15, -0.1) is 0 Å². The van der Waals surface area contributed by atoms with Crippen LogP contribution in [0.4, 0.5) is 0 Å². The Hall–Kier alpha value is -1.12. The highest BCUT2D eigenvalue weighted by molar-refractivity contribution is 5.91. The van der Waals surface area contributed by atoms with E-state index in [4.69, 9.17) is 7.48 Å². The lowest BCUT2D eigenvalue weighted by Gasteiger charge is -2.57. The maximum absolute atomic E-state index is 12.9. The molecule has 0 aromatic rings. The number of carbonyl (C=O) groups excluding carboxylic acids is 2. The normalized spacial score (nSPS) is 43.9. The molecule has 180 valence electrons. The van der Waals surface area contributed by atoms with E-state index in [1.165, 1.54) is 18.4 Å². The number of hydrogen-bond acceptors (Lipinski definition) is 3. The summed E-state index contributed by atoms with van der Waals surface area (Å²) >= 11 is 0. The highest BCUT2D eigenvalue weighted by atomic mass is 16.5. The van der Waals surface area contributed by atoms with Crippen LogP contribution in [0, 0.1) is 34.5 Å². The van der Waals surface area contributed by atoms with Gasteiger partial charge in [0.1, 0.15) is 6.08 Å². The quantitative estimate of drug-likeness (QED) is 0.288. The van der Waals surface area contributed by atoms with Crippen LogP contribution in [0.15, 0.2) is 11.6 Å². The molecule has 3 heteroatoms. The van der Waals surface area contributed by atoms with Gasteiger partial charge < -0.3 is 4.74 Å². The van der Waals surface area contributed by atoms with Crippen molar-refractivity contribution in [2.75, 3.05) is 0 Å². The Morgan fingerprint density at radius 2 is 1.91 bits per heavy atom. The van der Waals surface area contributed by atoms with Crippen molar-refractivity contribution in [3.8, 4) is 0 Å². The zero-order chi connectivity index (χ0) is 25.6. The van der Waals surface area contributed by atoms with Crippen molar-refractivity contribution in [2.45, 2.75) is 124 Å². The molecule has 0 N–H and O–H groups in total. The van der Waals surface area contributed by atoms with Gasteiger partial charge in [0, 0.05) is 21.0 Å². The largest absolute Gasteiger partial charge is 0.462 e. The molecule has 0 radical (unpaired) electrons. The zero-order valence-corrected chi connectivity index (χ0v) is 20.8. The first kappa shape index (κ1) is 20.3. The van der Waals surface area contributed by atoms with Gasteiger partial charge in [-0.2, -0.15) is 0 Å². The lowest BCUT2D eigenvalue weighted by molar-refractivity contribution is -0.160. The molecule has 0 spiro atoms. The molecular formula is C29H46O3. The molecule has 3 nitrogen and oxygen atoms in total. The lowest BCUT2D eigenvalue weighted by Crippen LogP contribution is -2.51. The van der Waals surface area contributed by atoms with Gasteiger partial charge >= 0.3 is 5.97 Å². The number of allylic oxidation sites excluding steroid dienone is 1. The van der Waals surface area contributed by atoms with Crippen LogP contribution in [0.3, 0.4) is 0 Å². The van der Waals surface area contributed by atoms with E-state index < -0.39 is 23.8 Å². The molecule has 4 aliphatic rings. The highest BCUT2D eigenvalue weighted by Gasteiger charge is 2.59. The second-order valence-electron chi connectivity index (χ2n) is 12.0. The first-order chi connectivity index (χ1) is 16.3. The number of fused-ring (bicyclic) bond motifs is 5. The monoisotopic (exact) mass is 445 g/mol. The van der Waals surface area contributed by atoms with Crippen molar-refractivity contribution in [3.05, 3.63) is 11.6 Å². The van der Waals surface area contributed by atoms with Gasteiger partial charge in [-0.05, 0) is 86.5 Å². The fraction of sp³-hybridized carbons (Fsp3) is 0.862. The number of rotatable bonds is 8. The molecule has 0 heterocycles. The minimum absolute atomic E-state index is 0.00436. The van der Waals surface area contributed by atoms with Crippen molar-refractivity contribution < 1.29 is 18.4 Å². The number of ether oxygens (including phenoxy) is 1. The van der Waals surface area contributed by atoms with Gasteiger partial charge in [-0.3, -0.25) is 9.59 Å². The molecule has 0 bridgehead atoms. The number of unbranched alkanes of at least 4 members (excludes halogenated alkanes) is 3. The van der Waals surface area contributed by atoms with E-state index in [0.717, 1.165) is 44.9 Å². The fourth-order valence-electron chi connectivity index (χ4n) is 7.44. The Labute approximate surface area is 200 Å². The first-order valence-electron chi connectivity index (χ1n) is 14.8. The summed E-state index contributed by atoms with van der Waals surface area (Å²) < 4.78 is 32.9. The van der Waals surface area contributed by atoms with Crippen molar-refractivity contribution in [3.63, 3.8) is 0 Å².